The van der Waals surface area contributed by atoms with Gasteiger partial charge in [-0.05, 0) is 26.7 Å². The van der Waals surface area contributed by atoms with Gasteiger partial charge in [0.2, 0.25) is 0 Å². The predicted molar refractivity (Wildman–Crippen MR) is 76.7 cm³/mol. The van der Waals surface area contributed by atoms with Crippen LogP contribution < -0.4 is 0 Å². The van der Waals surface area contributed by atoms with Crippen LogP contribution >= 0.6 is 11.6 Å². The lowest BCUT2D eigenvalue weighted by Gasteiger charge is -2.05. The Morgan fingerprint density at radius 1 is 1.37 bits per heavy atom. The first-order valence-electron chi connectivity index (χ1n) is 6.97. The Morgan fingerprint density at radius 2 is 2.11 bits per heavy atom. The maximum absolute atomic E-state index is 11.9. The van der Waals surface area contributed by atoms with Crippen molar-refractivity contribution in [1.29, 1.82) is 0 Å². The van der Waals surface area contributed by atoms with Gasteiger partial charge in [0.25, 0.3) is 0 Å². The quantitative estimate of drug-likeness (QED) is 0.655. The summed E-state index contributed by atoms with van der Waals surface area (Å²) < 4.78 is 7.06. The van der Waals surface area contributed by atoms with Crippen molar-refractivity contribution in [3.8, 4) is 0 Å². The van der Waals surface area contributed by atoms with Gasteiger partial charge < -0.3 is 4.74 Å². The molecule has 0 atom stereocenters. The first kappa shape index (κ1) is 16.2. The maximum atomic E-state index is 11.9. The van der Waals surface area contributed by atoms with Crippen molar-refractivity contribution < 1.29 is 9.53 Å². The van der Waals surface area contributed by atoms with Gasteiger partial charge in [0.05, 0.1) is 16.4 Å². The lowest BCUT2D eigenvalue weighted by molar-refractivity contribution is -0.118. The zero-order valence-electron chi connectivity index (χ0n) is 12.0. The average Bonchev–Trinajstić information content (AvgIpc) is 2.71. The van der Waals surface area contributed by atoms with Crippen LogP contribution in [0.4, 0.5) is 0 Å². The van der Waals surface area contributed by atoms with Crippen LogP contribution in [0.1, 0.15) is 45.0 Å². The smallest absolute Gasteiger partial charge is 0.138 e. The number of nitrogens with zero attached hydrogens (tertiary/aromatic N) is 2. The normalized spacial score (nSPS) is 10.9. The Morgan fingerprint density at radius 3 is 2.68 bits per heavy atom. The van der Waals surface area contributed by atoms with E-state index in [1.165, 1.54) is 0 Å². The fourth-order valence-electron chi connectivity index (χ4n) is 1.98. The minimum atomic E-state index is 0.193. The SMILES string of the molecule is CCOCCCC(=O)Cc1c(Cl)c(CC)nn1CC. The van der Waals surface area contributed by atoms with Crippen molar-refractivity contribution in [3.63, 3.8) is 0 Å². The van der Waals surface area contributed by atoms with Gasteiger partial charge in [0.1, 0.15) is 5.78 Å². The summed E-state index contributed by atoms with van der Waals surface area (Å²) in [4.78, 5) is 11.9. The second-order valence-corrected chi connectivity index (χ2v) is 4.77. The van der Waals surface area contributed by atoms with Gasteiger partial charge in [-0.25, -0.2) is 0 Å². The lowest BCUT2D eigenvalue weighted by Crippen LogP contribution is -2.10. The van der Waals surface area contributed by atoms with Gasteiger partial charge in [-0.15, -0.1) is 0 Å². The molecule has 1 aromatic rings. The van der Waals surface area contributed by atoms with Gasteiger partial charge in [0.15, 0.2) is 0 Å². The van der Waals surface area contributed by atoms with E-state index in [1.807, 2.05) is 25.5 Å². The number of ether oxygens (including phenoxy) is 1. The molecule has 0 radical (unpaired) electrons. The number of hydrogen-bond acceptors (Lipinski definition) is 3. The van der Waals surface area contributed by atoms with Crippen LogP contribution in [0.25, 0.3) is 0 Å². The Kier molecular flexibility index (Phi) is 7.10. The molecule has 0 aliphatic carbocycles. The van der Waals surface area contributed by atoms with Crippen molar-refractivity contribution in [3.05, 3.63) is 16.4 Å². The Hall–Kier alpha value is -0.870. The number of rotatable bonds is 9. The van der Waals surface area contributed by atoms with E-state index in [0.717, 1.165) is 30.8 Å². The molecule has 108 valence electrons. The summed E-state index contributed by atoms with van der Waals surface area (Å²) in [6.45, 7) is 8.05. The molecular weight excluding hydrogens is 264 g/mol. The highest BCUT2D eigenvalue weighted by molar-refractivity contribution is 6.32. The molecule has 0 spiro atoms. The molecule has 0 unspecified atom stereocenters. The summed E-state index contributed by atoms with van der Waals surface area (Å²) in [5.41, 5.74) is 1.73. The summed E-state index contributed by atoms with van der Waals surface area (Å²) >= 11 is 6.28. The van der Waals surface area contributed by atoms with E-state index < -0.39 is 0 Å². The molecule has 0 N–H and O–H groups in total. The molecule has 1 heterocycles. The zero-order chi connectivity index (χ0) is 14.3. The van der Waals surface area contributed by atoms with Crippen LogP contribution in [0.2, 0.25) is 5.02 Å². The third kappa shape index (κ3) is 4.62. The topological polar surface area (TPSA) is 44.1 Å². The summed E-state index contributed by atoms with van der Waals surface area (Å²) in [5.74, 6) is 0.193. The lowest BCUT2D eigenvalue weighted by atomic mass is 10.1. The number of aromatic nitrogens is 2. The molecule has 0 saturated carbocycles. The highest BCUT2D eigenvalue weighted by Crippen LogP contribution is 2.22. The molecule has 4 nitrogen and oxygen atoms in total. The molecule has 0 aliphatic rings. The first-order valence-corrected chi connectivity index (χ1v) is 7.35. The number of hydrogen-bond donors (Lipinski definition) is 0. The highest BCUT2D eigenvalue weighted by Gasteiger charge is 2.16. The third-order valence-electron chi connectivity index (χ3n) is 3.01. The number of carbonyl (C=O) groups is 1. The van der Waals surface area contributed by atoms with Crippen molar-refractivity contribution in [2.45, 2.75) is 53.0 Å². The van der Waals surface area contributed by atoms with Gasteiger partial charge in [-0.2, -0.15) is 5.10 Å². The van der Waals surface area contributed by atoms with Crippen molar-refractivity contribution in [2.75, 3.05) is 13.2 Å². The molecule has 0 aromatic carbocycles. The molecule has 0 saturated heterocycles. The third-order valence-corrected chi connectivity index (χ3v) is 3.44. The van der Waals surface area contributed by atoms with E-state index in [-0.39, 0.29) is 5.78 Å². The average molecular weight is 287 g/mol. The Labute approximate surface area is 120 Å². The van der Waals surface area contributed by atoms with Gasteiger partial charge in [0, 0.05) is 32.6 Å². The monoisotopic (exact) mass is 286 g/mol. The molecule has 5 heteroatoms. The molecule has 0 aliphatic heterocycles. The fourth-order valence-corrected chi connectivity index (χ4v) is 2.31. The van der Waals surface area contributed by atoms with Gasteiger partial charge in [-0.3, -0.25) is 9.48 Å². The van der Waals surface area contributed by atoms with Crippen molar-refractivity contribution >= 4 is 17.4 Å². The van der Waals surface area contributed by atoms with E-state index in [2.05, 4.69) is 5.10 Å². The van der Waals surface area contributed by atoms with Crippen LogP contribution in [0.3, 0.4) is 0 Å². The van der Waals surface area contributed by atoms with Crippen molar-refractivity contribution in [2.24, 2.45) is 0 Å². The Bertz CT molecular complexity index is 416. The molecule has 1 rings (SSSR count). The molecular formula is C14H23ClN2O2. The van der Waals surface area contributed by atoms with Crippen LogP contribution in [0, 0.1) is 0 Å². The first-order chi connectivity index (χ1) is 9.13. The standard InChI is InChI=1S/C14H23ClN2O2/c1-4-12-14(15)13(17(5-2)16-12)10-11(18)8-7-9-19-6-3/h4-10H2,1-3H3. The number of halogens is 1. The number of carbonyl (C=O) groups excluding carboxylic acids is 1. The molecule has 0 bridgehead atoms. The van der Waals surface area contributed by atoms with E-state index in [4.69, 9.17) is 16.3 Å². The van der Waals surface area contributed by atoms with E-state index >= 15 is 0 Å². The highest BCUT2D eigenvalue weighted by atomic mass is 35.5. The molecule has 1 aromatic heterocycles. The van der Waals surface area contributed by atoms with E-state index in [0.29, 0.717) is 31.1 Å². The Balaban J connectivity index is 2.60. The second kappa shape index (κ2) is 8.33. The van der Waals surface area contributed by atoms with Crippen LogP contribution in [0.15, 0.2) is 0 Å². The van der Waals surface area contributed by atoms with Crippen LogP contribution in [0.5, 0.6) is 0 Å². The minimum Gasteiger partial charge on any atom is -0.382 e. The molecule has 0 fully saturated rings. The summed E-state index contributed by atoms with van der Waals surface area (Å²) in [7, 11) is 0. The fraction of sp³-hybridized carbons (Fsp3) is 0.714. The summed E-state index contributed by atoms with van der Waals surface area (Å²) in [5, 5.41) is 5.07. The summed E-state index contributed by atoms with van der Waals surface area (Å²) in [6, 6.07) is 0. The maximum Gasteiger partial charge on any atom is 0.138 e. The molecule has 0 amide bonds. The second-order valence-electron chi connectivity index (χ2n) is 4.39. The number of aryl methyl sites for hydroxylation is 2. The van der Waals surface area contributed by atoms with Crippen LogP contribution in [-0.2, 0) is 28.9 Å². The van der Waals surface area contributed by atoms with E-state index in [9.17, 15) is 4.79 Å². The predicted octanol–water partition coefficient (Wildman–Crippen LogP) is 3.05. The zero-order valence-corrected chi connectivity index (χ0v) is 12.8. The number of Topliss-reactive ketones (excluding diaryl/α,β-unsaturated/α-hetero) is 1. The molecule has 19 heavy (non-hydrogen) atoms. The van der Waals surface area contributed by atoms with Gasteiger partial charge >= 0.3 is 0 Å². The summed E-state index contributed by atoms with van der Waals surface area (Å²) in [6.07, 6.45) is 2.46. The van der Waals surface area contributed by atoms with E-state index in [1.54, 1.807) is 0 Å². The minimum absolute atomic E-state index is 0.193. The van der Waals surface area contributed by atoms with Gasteiger partial charge in [-0.1, -0.05) is 18.5 Å². The van der Waals surface area contributed by atoms with Crippen LogP contribution in [-0.4, -0.2) is 28.8 Å². The largest absolute Gasteiger partial charge is 0.382 e. The number of ketones is 1. The van der Waals surface area contributed by atoms with Crippen molar-refractivity contribution in [1.82, 2.24) is 9.78 Å².